The molecule has 2 aromatic rings. The normalized spacial score (nSPS) is 17.9. The van der Waals surface area contributed by atoms with Crippen molar-refractivity contribution < 1.29 is 9.59 Å². The number of hydrogen-bond acceptors (Lipinski definition) is 6. The maximum absolute atomic E-state index is 13.2. The van der Waals surface area contributed by atoms with Crippen LogP contribution in [0.25, 0.3) is 5.57 Å². The van der Waals surface area contributed by atoms with Crippen LogP contribution in [0, 0.1) is 0 Å². The van der Waals surface area contributed by atoms with Crippen LogP contribution in [0.3, 0.4) is 0 Å². The predicted octanol–water partition coefficient (Wildman–Crippen LogP) is 1.79. The summed E-state index contributed by atoms with van der Waals surface area (Å²) in [6, 6.07) is 11.1. The molecule has 0 N–H and O–H groups in total. The van der Waals surface area contributed by atoms with Crippen LogP contribution < -0.4 is 4.90 Å². The summed E-state index contributed by atoms with van der Waals surface area (Å²) in [6.07, 6.45) is 3.45. The third-order valence-electron chi connectivity index (χ3n) is 5.10. The molecule has 7 nitrogen and oxygen atoms in total. The van der Waals surface area contributed by atoms with E-state index in [1.165, 1.54) is 4.90 Å². The van der Waals surface area contributed by atoms with Gasteiger partial charge in [-0.15, -0.1) is 0 Å². The zero-order valence-corrected chi connectivity index (χ0v) is 16.1. The molecule has 1 fully saturated rings. The van der Waals surface area contributed by atoms with E-state index in [0.29, 0.717) is 43.4 Å². The molecular formula is C21H23N5O2. The molecule has 4 rings (SSSR count). The van der Waals surface area contributed by atoms with Crippen LogP contribution in [0.4, 0.5) is 5.95 Å². The van der Waals surface area contributed by atoms with Gasteiger partial charge in [-0.05, 0) is 25.5 Å². The molecule has 2 amide bonds. The van der Waals surface area contributed by atoms with Crippen molar-refractivity contribution in [3.63, 3.8) is 0 Å². The van der Waals surface area contributed by atoms with Gasteiger partial charge in [0.25, 0.3) is 11.8 Å². The number of amides is 2. The summed E-state index contributed by atoms with van der Waals surface area (Å²) in [4.78, 5) is 40.4. The number of nitrogens with zero attached hydrogens (tertiary/aromatic N) is 5. The topological polar surface area (TPSA) is 69.6 Å². The smallest absolute Gasteiger partial charge is 0.278 e. The number of carbonyl (C=O) groups excluding carboxylic acids is 2. The first-order chi connectivity index (χ1) is 13.6. The number of imide groups is 1. The summed E-state index contributed by atoms with van der Waals surface area (Å²) >= 11 is 0. The van der Waals surface area contributed by atoms with Crippen LogP contribution in [0.15, 0.2) is 54.5 Å². The Balaban J connectivity index is 1.65. The van der Waals surface area contributed by atoms with E-state index in [-0.39, 0.29) is 17.9 Å². The highest BCUT2D eigenvalue weighted by molar-refractivity contribution is 6.35. The van der Waals surface area contributed by atoms with Gasteiger partial charge in [0.15, 0.2) is 0 Å². The van der Waals surface area contributed by atoms with Crippen LogP contribution in [-0.2, 0) is 9.59 Å². The second-order valence-electron chi connectivity index (χ2n) is 7.19. The Hall–Kier alpha value is -3.22. The molecule has 0 saturated carbocycles. The van der Waals surface area contributed by atoms with Crippen LogP contribution in [-0.4, -0.2) is 63.8 Å². The molecule has 0 atom stereocenters. The van der Waals surface area contributed by atoms with Crippen molar-refractivity contribution in [3.05, 3.63) is 60.1 Å². The Morgan fingerprint density at radius 1 is 0.821 bits per heavy atom. The van der Waals surface area contributed by atoms with Gasteiger partial charge in [-0.2, -0.15) is 0 Å². The molecule has 2 aliphatic heterocycles. The monoisotopic (exact) mass is 377 g/mol. The average molecular weight is 377 g/mol. The van der Waals surface area contributed by atoms with Crippen molar-refractivity contribution in [2.75, 3.05) is 31.1 Å². The lowest BCUT2D eigenvalue weighted by atomic mass is 10.0. The first-order valence-corrected chi connectivity index (χ1v) is 9.52. The second-order valence-corrected chi connectivity index (χ2v) is 7.19. The van der Waals surface area contributed by atoms with Crippen LogP contribution >= 0.6 is 0 Å². The maximum atomic E-state index is 13.2. The molecule has 1 saturated heterocycles. The molecular weight excluding hydrogens is 354 g/mol. The summed E-state index contributed by atoms with van der Waals surface area (Å²) in [5, 5.41) is 0. The summed E-state index contributed by atoms with van der Waals surface area (Å²) in [5.41, 5.74) is 1.80. The molecule has 7 heteroatoms. The molecule has 1 aromatic carbocycles. The lowest BCUT2D eigenvalue weighted by Crippen LogP contribution is -2.48. The third kappa shape index (κ3) is 3.13. The van der Waals surface area contributed by atoms with Crippen LogP contribution in [0.1, 0.15) is 19.4 Å². The number of aromatic nitrogens is 2. The Morgan fingerprint density at radius 2 is 1.43 bits per heavy atom. The van der Waals surface area contributed by atoms with Gasteiger partial charge in [-0.25, -0.2) is 9.97 Å². The molecule has 2 aliphatic rings. The van der Waals surface area contributed by atoms with Crippen molar-refractivity contribution in [1.82, 2.24) is 19.8 Å². The Labute approximate surface area is 164 Å². The number of anilines is 1. The van der Waals surface area contributed by atoms with Crippen molar-refractivity contribution in [2.24, 2.45) is 0 Å². The summed E-state index contributed by atoms with van der Waals surface area (Å²) in [7, 11) is 0. The summed E-state index contributed by atoms with van der Waals surface area (Å²) < 4.78 is 0. The maximum Gasteiger partial charge on any atom is 0.278 e. The first kappa shape index (κ1) is 18.2. The van der Waals surface area contributed by atoms with E-state index in [1.807, 2.05) is 49.1 Å². The lowest BCUT2D eigenvalue weighted by Gasteiger charge is -2.36. The van der Waals surface area contributed by atoms with E-state index in [0.717, 1.165) is 5.56 Å². The van der Waals surface area contributed by atoms with Crippen LogP contribution in [0.5, 0.6) is 0 Å². The second kappa shape index (κ2) is 7.42. The van der Waals surface area contributed by atoms with Gasteiger partial charge in [0, 0.05) is 44.6 Å². The number of hydrogen-bond donors (Lipinski definition) is 0. The number of benzene rings is 1. The van der Waals surface area contributed by atoms with Gasteiger partial charge in [0.2, 0.25) is 5.95 Å². The zero-order chi connectivity index (χ0) is 19.7. The van der Waals surface area contributed by atoms with Crippen molar-refractivity contribution in [3.8, 4) is 0 Å². The van der Waals surface area contributed by atoms with Gasteiger partial charge in [0.05, 0.1) is 5.57 Å². The molecule has 0 radical (unpaired) electrons. The van der Waals surface area contributed by atoms with E-state index < -0.39 is 0 Å². The van der Waals surface area contributed by atoms with E-state index in [1.54, 1.807) is 18.5 Å². The minimum absolute atomic E-state index is 0.185. The minimum Gasteiger partial charge on any atom is -0.363 e. The van der Waals surface area contributed by atoms with Gasteiger partial charge >= 0.3 is 0 Å². The van der Waals surface area contributed by atoms with Crippen LogP contribution in [0.2, 0.25) is 0 Å². The Morgan fingerprint density at radius 3 is 2.04 bits per heavy atom. The SMILES string of the molecule is CC(C)N1C(=O)C(c2ccccc2)=C(N2CCN(c3ncccn3)CC2)C1=O. The van der Waals surface area contributed by atoms with Crippen molar-refractivity contribution in [2.45, 2.75) is 19.9 Å². The van der Waals surface area contributed by atoms with Gasteiger partial charge < -0.3 is 9.80 Å². The molecule has 0 unspecified atom stereocenters. The highest BCUT2D eigenvalue weighted by atomic mass is 16.2. The molecule has 144 valence electrons. The van der Waals surface area contributed by atoms with E-state index in [9.17, 15) is 9.59 Å². The zero-order valence-electron chi connectivity index (χ0n) is 16.1. The molecule has 0 bridgehead atoms. The molecule has 3 heterocycles. The number of piperazine rings is 1. The molecule has 28 heavy (non-hydrogen) atoms. The van der Waals surface area contributed by atoms with Gasteiger partial charge in [-0.3, -0.25) is 14.5 Å². The summed E-state index contributed by atoms with van der Waals surface area (Å²) in [6.45, 7) is 6.39. The highest BCUT2D eigenvalue weighted by Crippen LogP contribution is 2.33. The standard InChI is InChI=1S/C21H23N5O2/c1-15(2)26-19(27)17(16-7-4-3-5-8-16)18(20(26)28)24-11-13-25(14-12-24)21-22-9-6-10-23-21/h3-10,15H,11-14H2,1-2H3. The fraction of sp³-hybridized carbons (Fsp3) is 0.333. The molecule has 0 spiro atoms. The Bertz CT molecular complexity index is 903. The highest BCUT2D eigenvalue weighted by Gasteiger charge is 2.43. The largest absolute Gasteiger partial charge is 0.363 e. The number of rotatable bonds is 4. The number of carbonyl (C=O) groups is 2. The van der Waals surface area contributed by atoms with E-state index in [2.05, 4.69) is 14.9 Å². The van der Waals surface area contributed by atoms with E-state index >= 15 is 0 Å². The molecule has 1 aromatic heterocycles. The summed E-state index contributed by atoms with van der Waals surface area (Å²) in [5.74, 6) is 0.273. The van der Waals surface area contributed by atoms with Crippen molar-refractivity contribution in [1.29, 1.82) is 0 Å². The predicted molar refractivity (Wildman–Crippen MR) is 106 cm³/mol. The van der Waals surface area contributed by atoms with Gasteiger partial charge in [0.1, 0.15) is 5.70 Å². The quantitative estimate of drug-likeness (QED) is 0.757. The fourth-order valence-corrected chi connectivity index (χ4v) is 3.75. The Kier molecular flexibility index (Phi) is 4.81. The van der Waals surface area contributed by atoms with Crippen molar-refractivity contribution >= 4 is 23.3 Å². The molecule has 0 aliphatic carbocycles. The average Bonchev–Trinajstić information content (AvgIpc) is 2.99. The van der Waals surface area contributed by atoms with E-state index in [4.69, 9.17) is 0 Å². The first-order valence-electron chi connectivity index (χ1n) is 9.52. The van der Waals surface area contributed by atoms with Gasteiger partial charge in [-0.1, -0.05) is 30.3 Å². The fourth-order valence-electron chi connectivity index (χ4n) is 3.75. The minimum atomic E-state index is -0.213. The lowest BCUT2D eigenvalue weighted by molar-refractivity contribution is -0.139. The third-order valence-corrected chi connectivity index (χ3v) is 5.10.